The number of nitrogens with two attached hydrogens (primary N) is 1. The molecule has 0 bridgehead atoms. The number of nitrogen functional groups attached to an aromatic ring is 1. The lowest BCUT2D eigenvalue weighted by Crippen LogP contribution is -2.12. The maximum absolute atomic E-state index is 12.2. The highest BCUT2D eigenvalue weighted by molar-refractivity contribution is 6.34. The highest BCUT2D eigenvalue weighted by atomic mass is 35.5. The van der Waals surface area contributed by atoms with Gasteiger partial charge in [0.05, 0.1) is 10.7 Å². The molecule has 0 radical (unpaired) electrons. The number of carbonyl (C=O) groups excluding carboxylic acids is 1. The van der Waals surface area contributed by atoms with Gasteiger partial charge >= 0.3 is 0 Å². The van der Waals surface area contributed by atoms with Crippen LogP contribution in [-0.4, -0.2) is 12.7 Å². The second kappa shape index (κ2) is 5.35. The lowest BCUT2D eigenvalue weighted by Gasteiger charge is -2.09. The Morgan fingerprint density at radius 1 is 1.10 bits per heavy atom. The minimum atomic E-state index is -0.370. The smallest absolute Gasteiger partial charge is 0.255 e. The molecule has 7 heteroatoms. The number of carbonyl (C=O) groups is 1. The molecule has 0 atom stereocenters. The Bertz CT molecular complexity index is 714. The standard InChI is InChI=1S/C14H10Cl2N2O3/c15-8-1-7(2-9(17)3-8)14(19)18-11-5-13-12(4-10(11)16)20-6-21-13/h1-5H,6,17H2,(H,18,19). The Hall–Kier alpha value is -2.11. The van der Waals surface area contributed by atoms with Gasteiger partial charge in [-0.25, -0.2) is 0 Å². The average Bonchev–Trinajstić information content (AvgIpc) is 2.85. The van der Waals surface area contributed by atoms with E-state index in [2.05, 4.69) is 5.32 Å². The molecule has 3 N–H and O–H groups in total. The van der Waals surface area contributed by atoms with Crippen LogP contribution in [0.5, 0.6) is 11.5 Å². The van der Waals surface area contributed by atoms with Gasteiger partial charge in [-0.05, 0) is 18.2 Å². The summed E-state index contributed by atoms with van der Waals surface area (Å²) < 4.78 is 10.4. The summed E-state index contributed by atoms with van der Waals surface area (Å²) in [5, 5.41) is 3.43. The van der Waals surface area contributed by atoms with Crippen LogP contribution < -0.4 is 20.5 Å². The molecule has 0 aromatic heterocycles. The van der Waals surface area contributed by atoms with Crippen LogP contribution in [0.2, 0.25) is 10.0 Å². The minimum Gasteiger partial charge on any atom is -0.454 e. The van der Waals surface area contributed by atoms with Gasteiger partial charge in [0.25, 0.3) is 5.91 Å². The number of anilines is 2. The number of hydrogen-bond donors (Lipinski definition) is 2. The summed E-state index contributed by atoms with van der Waals surface area (Å²) in [6.45, 7) is 0.133. The third kappa shape index (κ3) is 2.84. The quantitative estimate of drug-likeness (QED) is 0.828. The second-order valence-electron chi connectivity index (χ2n) is 4.41. The Morgan fingerprint density at radius 2 is 1.81 bits per heavy atom. The lowest BCUT2D eigenvalue weighted by atomic mass is 10.2. The number of amides is 1. The predicted molar refractivity (Wildman–Crippen MR) is 81.4 cm³/mol. The van der Waals surface area contributed by atoms with E-state index in [-0.39, 0.29) is 12.7 Å². The molecule has 1 amide bonds. The largest absolute Gasteiger partial charge is 0.454 e. The zero-order valence-corrected chi connectivity index (χ0v) is 12.2. The molecular weight excluding hydrogens is 315 g/mol. The van der Waals surface area contributed by atoms with Gasteiger partial charge in [0.15, 0.2) is 11.5 Å². The van der Waals surface area contributed by atoms with Crippen LogP contribution >= 0.6 is 23.2 Å². The van der Waals surface area contributed by atoms with Crippen molar-refractivity contribution in [2.24, 2.45) is 0 Å². The summed E-state index contributed by atoms with van der Waals surface area (Å²) in [4.78, 5) is 12.2. The van der Waals surface area contributed by atoms with E-state index in [4.69, 9.17) is 38.4 Å². The number of hydrogen-bond acceptors (Lipinski definition) is 4. The number of nitrogens with one attached hydrogen (secondary N) is 1. The summed E-state index contributed by atoms with van der Waals surface area (Å²) in [7, 11) is 0. The first kappa shape index (κ1) is 13.9. The third-order valence-electron chi connectivity index (χ3n) is 2.89. The molecule has 108 valence electrons. The normalized spacial score (nSPS) is 12.3. The molecule has 1 heterocycles. The van der Waals surface area contributed by atoms with E-state index >= 15 is 0 Å². The van der Waals surface area contributed by atoms with Crippen molar-refractivity contribution in [3.05, 3.63) is 45.9 Å². The molecule has 3 rings (SSSR count). The van der Waals surface area contributed by atoms with Crippen molar-refractivity contribution in [3.8, 4) is 11.5 Å². The van der Waals surface area contributed by atoms with Crippen LogP contribution in [0.15, 0.2) is 30.3 Å². The van der Waals surface area contributed by atoms with Crippen LogP contribution in [0.1, 0.15) is 10.4 Å². The third-order valence-corrected chi connectivity index (χ3v) is 3.42. The molecule has 1 aliphatic heterocycles. The SMILES string of the molecule is Nc1cc(Cl)cc(C(=O)Nc2cc3c(cc2Cl)OCO3)c1. The number of rotatable bonds is 2. The van der Waals surface area contributed by atoms with Crippen LogP contribution in [-0.2, 0) is 0 Å². The number of fused-ring (bicyclic) bond motifs is 1. The summed E-state index contributed by atoms with van der Waals surface area (Å²) in [5.74, 6) is 0.704. The van der Waals surface area contributed by atoms with Crippen molar-refractivity contribution in [1.82, 2.24) is 0 Å². The molecule has 21 heavy (non-hydrogen) atoms. The van der Waals surface area contributed by atoms with Crippen molar-refractivity contribution >= 4 is 40.5 Å². The fourth-order valence-electron chi connectivity index (χ4n) is 1.95. The van der Waals surface area contributed by atoms with Crippen molar-refractivity contribution in [2.45, 2.75) is 0 Å². The Kier molecular flexibility index (Phi) is 3.53. The molecule has 0 saturated heterocycles. The molecule has 0 fully saturated rings. The number of ether oxygens (including phenoxy) is 2. The molecule has 0 saturated carbocycles. The topological polar surface area (TPSA) is 73.6 Å². The van der Waals surface area contributed by atoms with Crippen molar-refractivity contribution in [2.75, 3.05) is 17.8 Å². The first-order chi connectivity index (χ1) is 10.0. The average molecular weight is 325 g/mol. The van der Waals surface area contributed by atoms with E-state index in [1.807, 2.05) is 0 Å². The zero-order valence-electron chi connectivity index (χ0n) is 10.7. The van der Waals surface area contributed by atoms with Gasteiger partial charge in [-0.2, -0.15) is 0 Å². The second-order valence-corrected chi connectivity index (χ2v) is 5.26. The highest BCUT2D eigenvalue weighted by Crippen LogP contribution is 2.39. The summed E-state index contributed by atoms with van der Waals surface area (Å²) in [6.07, 6.45) is 0. The van der Waals surface area contributed by atoms with Crippen LogP contribution in [0.3, 0.4) is 0 Å². The van der Waals surface area contributed by atoms with Crippen molar-refractivity contribution in [1.29, 1.82) is 0 Å². The number of benzene rings is 2. The maximum Gasteiger partial charge on any atom is 0.255 e. The molecule has 0 aliphatic carbocycles. The lowest BCUT2D eigenvalue weighted by molar-refractivity contribution is 0.102. The number of halogens is 2. The van der Waals surface area contributed by atoms with Crippen molar-refractivity contribution in [3.63, 3.8) is 0 Å². The van der Waals surface area contributed by atoms with E-state index in [0.29, 0.717) is 38.5 Å². The van der Waals surface area contributed by atoms with E-state index < -0.39 is 0 Å². The first-order valence-electron chi connectivity index (χ1n) is 5.99. The fraction of sp³-hybridized carbons (Fsp3) is 0.0714. The molecular formula is C14H10Cl2N2O3. The van der Waals surface area contributed by atoms with Gasteiger partial charge in [-0.15, -0.1) is 0 Å². The van der Waals surface area contributed by atoms with Crippen LogP contribution in [0.4, 0.5) is 11.4 Å². The predicted octanol–water partition coefficient (Wildman–Crippen LogP) is 3.56. The van der Waals surface area contributed by atoms with Crippen LogP contribution in [0.25, 0.3) is 0 Å². The molecule has 0 unspecified atom stereocenters. The molecule has 2 aromatic rings. The summed E-state index contributed by atoms with van der Waals surface area (Å²) >= 11 is 12.0. The molecule has 2 aromatic carbocycles. The monoisotopic (exact) mass is 324 g/mol. The zero-order chi connectivity index (χ0) is 15.0. The van der Waals surface area contributed by atoms with E-state index in [9.17, 15) is 4.79 Å². The van der Waals surface area contributed by atoms with Gasteiger partial charge in [0, 0.05) is 28.4 Å². The summed E-state index contributed by atoms with van der Waals surface area (Å²) in [5.41, 5.74) is 6.84. The van der Waals surface area contributed by atoms with Gasteiger partial charge in [0.1, 0.15) is 0 Å². The van der Waals surface area contributed by atoms with Gasteiger partial charge in [0.2, 0.25) is 6.79 Å². The molecule has 0 spiro atoms. The molecule has 5 nitrogen and oxygen atoms in total. The molecule has 1 aliphatic rings. The van der Waals surface area contributed by atoms with E-state index in [1.54, 1.807) is 18.2 Å². The summed E-state index contributed by atoms with van der Waals surface area (Å²) in [6, 6.07) is 7.81. The van der Waals surface area contributed by atoms with Crippen LogP contribution in [0, 0.1) is 0 Å². The van der Waals surface area contributed by atoms with Crippen molar-refractivity contribution < 1.29 is 14.3 Å². The highest BCUT2D eigenvalue weighted by Gasteiger charge is 2.18. The van der Waals surface area contributed by atoms with E-state index in [0.717, 1.165) is 0 Å². The van der Waals surface area contributed by atoms with Gasteiger partial charge < -0.3 is 20.5 Å². The maximum atomic E-state index is 12.2. The first-order valence-corrected chi connectivity index (χ1v) is 6.75. The van der Waals surface area contributed by atoms with E-state index in [1.165, 1.54) is 12.1 Å². The van der Waals surface area contributed by atoms with Gasteiger partial charge in [-0.3, -0.25) is 4.79 Å². The van der Waals surface area contributed by atoms with Gasteiger partial charge in [-0.1, -0.05) is 23.2 Å². The Labute approximate surface area is 130 Å². The Balaban J connectivity index is 1.88. The fourth-order valence-corrected chi connectivity index (χ4v) is 2.40. The minimum absolute atomic E-state index is 0.133. The Morgan fingerprint density at radius 3 is 2.52 bits per heavy atom.